The summed E-state index contributed by atoms with van der Waals surface area (Å²) in [5.41, 5.74) is 1.40. The molecule has 0 radical (unpaired) electrons. The van der Waals surface area contributed by atoms with Gasteiger partial charge in [0.2, 0.25) is 0 Å². The topological polar surface area (TPSA) is 98.0 Å². The predicted molar refractivity (Wildman–Crippen MR) is 101 cm³/mol. The molecule has 26 heavy (non-hydrogen) atoms. The molecule has 2 N–H and O–H groups in total. The molecule has 138 valence electrons. The molecule has 0 saturated carbocycles. The van der Waals surface area contributed by atoms with Crippen LogP contribution in [0, 0.1) is 10.1 Å². The Labute approximate surface area is 152 Å². The number of nitro benzene ring substituents is 1. The zero-order valence-corrected chi connectivity index (χ0v) is 15.0. The molecule has 0 amide bonds. The fraction of sp³-hybridized carbons (Fsp3) is 0.278. The number of benzene rings is 2. The highest BCUT2D eigenvalue weighted by Crippen LogP contribution is 2.30. The molecule has 2 aromatic rings. The maximum atomic E-state index is 11.1. The highest BCUT2D eigenvalue weighted by Gasteiger charge is 2.13. The quantitative estimate of drug-likeness (QED) is 0.341. The largest absolute Gasteiger partial charge is 0.493 e. The molecule has 0 aromatic heterocycles. The van der Waals surface area contributed by atoms with E-state index in [-0.39, 0.29) is 12.2 Å². The van der Waals surface area contributed by atoms with Gasteiger partial charge in [0.05, 0.1) is 18.6 Å². The fourth-order valence-electron chi connectivity index (χ4n) is 2.36. The first-order chi connectivity index (χ1) is 12.6. The number of aliphatic imine (C=N–C) groups is 1. The number of nitro groups is 1. The molecule has 2 aromatic carbocycles. The lowest BCUT2D eigenvalue weighted by Crippen LogP contribution is -2.30. The van der Waals surface area contributed by atoms with Gasteiger partial charge in [0.1, 0.15) is 0 Å². The molecule has 0 fully saturated rings. The van der Waals surface area contributed by atoms with E-state index in [0.29, 0.717) is 29.6 Å². The Morgan fingerprint density at radius 3 is 2.65 bits per heavy atom. The van der Waals surface area contributed by atoms with Crippen molar-refractivity contribution in [2.75, 3.05) is 26.1 Å². The summed E-state index contributed by atoms with van der Waals surface area (Å²) in [7, 11) is 3.21. The lowest BCUT2D eigenvalue weighted by Gasteiger charge is -2.14. The first-order valence-electron chi connectivity index (χ1n) is 8.09. The van der Waals surface area contributed by atoms with Crippen molar-refractivity contribution in [3.8, 4) is 11.5 Å². The van der Waals surface area contributed by atoms with Crippen LogP contribution >= 0.6 is 0 Å². The van der Waals surface area contributed by atoms with Gasteiger partial charge in [0, 0.05) is 37.0 Å². The Balaban J connectivity index is 2.09. The summed E-state index contributed by atoms with van der Waals surface area (Å²) in [5, 5.41) is 17.3. The number of rotatable bonds is 7. The van der Waals surface area contributed by atoms with E-state index in [0.717, 1.165) is 5.69 Å². The van der Waals surface area contributed by atoms with Crippen molar-refractivity contribution in [2.24, 2.45) is 4.99 Å². The third kappa shape index (κ3) is 4.85. The van der Waals surface area contributed by atoms with Gasteiger partial charge in [-0.3, -0.25) is 15.1 Å². The molecule has 0 atom stereocenters. The molecule has 0 aliphatic rings. The standard InChI is InChI=1S/C18H22N4O4/c1-4-26-17-11-14(9-10-16(17)25-3)21-18(19-2)20-12-13-7-5-6-8-15(13)22(23)24/h5-11H,4,12H2,1-3H3,(H2,19,20,21). The van der Waals surface area contributed by atoms with E-state index in [1.54, 1.807) is 44.5 Å². The summed E-state index contributed by atoms with van der Waals surface area (Å²) in [4.78, 5) is 14.8. The second-order valence-electron chi connectivity index (χ2n) is 5.24. The molecule has 8 nitrogen and oxygen atoms in total. The van der Waals surface area contributed by atoms with Gasteiger partial charge < -0.3 is 20.1 Å². The summed E-state index contributed by atoms with van der Waals surface area (Å²) in [6.07, 6.45) is 0. The Kier molecular flexibility index (Phi) is 6.78. The highest BCUT2D eigenvalue weighted by molar-refractivity contribution is 5.93. The van der Waals surface area contributed by atoms with Gasteiger partial charge in [-0.25, -0.2) is 0 Å². The Morgan fingerprint density at radius 1 is 1.23 bits per heavy atom. The van der Waals surface area contributed by atoms with Gasteiger partial charge in [0.25, 0.3) is 5.69 Å². The third-order valence-corrected chi connectivity index (χ3v) is 3.58. The van der Waals surface area contributed by atoms with Gasteiger partial charge >= 0.3 is 0 Å². The number of hydrogen-bond acceptors (Lipinski definition) is 5. The second-order valence-corrected chi connectivity index (χ2v) is 5.24. The van der Waals surface area contributed by atoms with Crippen LogP contribution in [-0.2, 0) is 6.54 Å². The van der Waals surface area contributed by atoms with Crippen LogP contribution in [0.25, 0.3) is 0 Å². The maximum absolute atomic E-state index is 11.1. The van der Waals surface area contributed by atoms with Crippen LogP contribution in [0.4, 0.5) is 11.4 Å². The number of para-hydroxylation sites is 1. The Bertz CT molecular complexity index is 793. The van der Waals surface area contributed by atoms with E-state index < -0.39 is 4.92 Å². The van der Waals surface area contributed by atoms with Gasteiger partial charge in [-0.05, 0) is 19.1 Å². The highest BCUT2D eigenvalue weighted by atomic mass is 16.6. The van der Waals surface area contributed by atoms with Crippen LogP contribution in [0.2, 0.25) is 0 Å². The van der Waals surface area contributed by atoms with Crippen molar-refractivity contribution in [3.05, 3.63) is 58.1 Å². The van der Waals surface area contributed by atoms with Crippen LogP contribution < -0.4 is 20.1 Å². The molecule has 0 aliphatic carbocycles. The van der Waals surface area contributed by atoms with E-state index in [1.165, 1.54) is 6.07 Å². The van der Waals surface area contributed by atoms with Gasteiger partial charge in [-0.15, -0.1) is 0 Å². The van der Waals surface area contributed by atoms with E-state index in [2.05, 4.69) is 15.6 Å². The van der Waals surface area contributed by atoms with E-state index in [1.807, 2.05) is 13.0 Å². The van der Waals surface area contributed by atoms with Crippen LogP contribution in [0.3, 0.4) is 0 Å². The minimum absolute atomic E-state index is 0.0681. The first-order valence-corrected chi connectivity index (χ1v) is 8.09. The summed E-state index contributed by atoms with van der Waals surface area (Å²) in [6.45, 7) is 2.68. The van der Waals surface area contributed by atoms with E-state index >= 15 is 0 Å². The summed E-state index contributed by atoms with van der Waals surface area (Å²) in [6, 6.07) is 12.0. The van der Waals surface area contributed by atoms with Crippen molar-refractivity contribution in [1.82, 2.24) is 5.32 Å². The smallest absolute Gasteiger partial charge is 0.274 e. The number of nitrogens with one attached hydrogen (secondary N) is 2. The fourth-order valence-corrected chi connectivity index (χ4v) is 2.36. The number of guanidine groups is 1. The maximum Gasteiger partial charge on any atom is 0.274 e. The molecule has 0 bridgehead atoms. The number of nitrogens with zero attached hydrogens (tertiary/aromatic N) is 2. The second kappa shape index (κ2) is 9.26. The van der Waals surface area contributed by atoms with Crippen molar-refractivity contribution in [1.29, 1.82) is 0 Å². The molecular formula is C18H22N4O4. The molecule has 0 saturated heterocycles. The average Bonchev–Trinajstić information content (AvgIpc) is 2.65. The van der Waals surface area contributed by atoms with E-state index in [4.69, 9.17) is 9.47 Å². The third-order valence-electron chi connectivity index (χ3n) is 3.58. The van der Waals surface area contributed by atoms with Crippen molar-refractivity contribution < 1.29 is 14.4 Å². The molecular weight excluding hydrogens is 336 g/mol. The number of anilines is 1. The van der Waals surface area contributed by atoms with Gasteiger partial charge in [-0.2, -0.15) is 0 Å². The summed E-state index contributed by atoms with van der Waals surface area (Å²) < 4.78 is 10.8. The van der Waals surface area contributed by atoms with Crippen LogP contribution in [0.5, 0.6) is 11.5 Å². The normalized spacial score (nSPS) is 11.0. The van der Waals surface area contributed by atoms with Crippen LogP contribution in [-0.4, -0.2) is 31.6 Å². The van der Waals surface area contributed by atoms with Crippen LogP contribution in [0.1, 0.15) is 12.5 Å². The number of ether oxygens (including phenoxy) is 2. The predicted octanol–water partition coefficient (Wildman–Crippen LogP) is 3.19. The monoisotopic (exact) mass is 358 g/mol. The van der Waals surface area contributed by atoms with Crippen molar-refractivity contribution in [2.45, 2.75) is 13.5 Å². The lowest BCUT2D eigenvalue weighted by atomic mass is 10.2. The van der Waals surface area contributed by atoms with Gasteiger partial charge in [-0.1, -0.05) is 18.2 Å². The molecule has 8 heteroatoms. The van der Waals surface area contributed by atoms with Crippen molar-refractivity contribution in [3.63, 3.8) is 0 Å². The first kappa shape index (κ1) is 19.0. The Hall–Kier alpha value is -3.29. The number of methoxy groups -OCH3 is 1. The SMILES string of the molecule is CCOc1cc(NC(=NC)NCc2ccccc2[N+](=O)[O-])ccc1OC. The summed E-state index contributed by atoms with van der Waals surface area (Å²) >= 11 is 0. The molecule has 2 rings (SSSR count). The molecule has 0 aliphatic heterocycles. The zero-order valence-electron chi connectivity index (χ0n) is 15.0. The average molecular weight is 358 g/mol. The molecule has 0 heterocycles. The minimum Gasteiger partial charge on any atom is -0.493 e. The van der Waals surface area contributed by atoms with Gasteiger partial charge in [0.15, 0.2) is 17.5 Å². The van der Waals surface area contributed by atoms with E-state index in [9.17, 15) is 10.1 Å². The zero-order chi connectivity index (χ0) is 18.9. The minimum atomic E-state index is -0.398. The van der Waals surface area contributed by atoms with Crippen LogP contribution in [0.15, 0.2) is 47.5 Å². The summed E-state index contributed by atoms with van der Waals surface area (Å²) in [5.74, 6) is 1.74. The Morgan fingerprint density at radius 2 is 2.00 bits per heavy atom. The van der Waals surface area contributed by atoms with Crippen molar-refractivity contribution >= 4 is 17.3 Å². The molecule has 0 unspecified atom stereocenters. The molecule has 0 spiro atoms. The number of hydrogen-bond donors (Lipinski definition) is 2. The lowest BCUT2D eigenvalue weighted by molar-refractivity contribution is -0.385.